The highest BCUT2D eigenvalue weighted by atomic mass is 32.2. The Morgan fingerprint density at radius 2 is 1.82 bits per heavy atom. The van der Waals surface area contributed by atoms with Crippen LogP contribution in [0.3, 0.4) is 0 Å². The van der Waals surface area contributed by atoms with Gasteiger partial charge in [-0.3, -0.25) is 0 Å². The van der Waals surface area contributed by atoms with Crippen molar-refractivity contribution in [2.45, 2.75) is 16.4 Å². The largest absolute Gasteiger partial charge is 0.497 e. The van der Waals surface area contributed by atoms with Crippen LogP contribution in [0, 0.1) is 5.82 Å². The van der Waals surface area contributed by atoms with Crippen LogP contribution >= 0.6 is 0 Å². The number of aromatic nitrogens is 1. The molecule has 2 amide bonds. The van der Waals surface area contributed by atoms with E-state index in [9.17, 15) is 22.7 Å². The highest BCUT2D eigenvalue weighted by molar-refractivity contribution is 7.89. The molecule has 3 heterocycles. The summed E-state index contributed by atoms with van der Waals surface area (Å²) in [6.45, 7) is 0.150. The van der Waals surface area contributed by atoms with Gasteiger partial charge in [-0.05, 0) is 54.1 Å². The van der Waals surface area contributed by atoms with Gasteiger partial charge in [-0.15, -0.1) is 0 Å². The Hall–Kier alpha value is -3.93. The van der Waals surface area contributed by atoms with E-state index in [1.807, 2.05) is 18.2 Å². The van der Waals surface area contributed by atoms with Gasteiger partial charge >= 0.3 is 6.03 Å². The number of H-pyrrole nitrogens is 1. The molecular weight excluding hydrogens is 523 g/mol. The van der Waals surface area contributed by atoms with Crippen LogP contribution in [0.2, 0.25) is 0 Å². The number of ether oxygens (including phenoxy) is 1. The molecule has 4 aromatic rings. The number of nitrogens with one attached hydrogen (secondary N) is 2. The monoisotopic (exact) mass is 550 g/mol. The number of hydrogen-bond donors (Lipinski definition) is 3. The number of halogens is 1. The molecule has 11 heteroatoms. The smallest absolute Gasteiger partial charge is 0.322 e. The van der Waals surface area contributed by atoms with Crippen molar-refractivity contribution in [3.63, 3.8) is 0 Å². The van der Waals surface area contributed by atoms with Crippen LogP contribution in [-0.4, -0.2) is 67.1 Å². The summed E-state index contributed by atoms with van der Waals surface area (Å²) in [6, 6.07) is 18.1. The molecule has 1 fully saturated rings. The molecule has 0 radical (unpaired) electrons. The third-order valence-electron chi connectivity index (χ3n) is 7.62. The maximum absolute atomic E-state index is 13.5. The molecule has 1 spiro atoms. The van der Waals surface area contributed by atoms with E-state index >= 15 is 0 Å². The number of sulfonamides is 1. The number of carbonyl (C=O) groups excluding carboxylic acids is 1. The quantitative estimate of drug-likeness (QED) is 0.349. The molecule has 0 bridgehead atoms. The van der Waals surface area contributed by atoms with Crippen molar-refractivity contribution in [3.05, 3.63) is 89.9 Å². The van der Waals surface area contributed by atoms with Crippen molar-refractivity contribution < 1.29 is 27.4 Å². The van der Waals surface area contributed by atoms with Crippen molar-refractivity contribution >= 4 is 32.6 Å². The summed E-state index contributed by atoms with van der Waals surface area (Å²) in [7, 11) is -2.17. The zero-order chi connectivity index (χ0) is 27.4. The van der Waals surface area contributed by atoms with Crippen molar-refractivity contribution in [2.24, 2.45) is 0 Å². The van der Waals surface area contributed by atoms with E-state index in [4.69, 9.17) is 4.74 Å². The Balaban J connectivity index is 1.41. The molecule has 0 saturated carbocycles. The molecule has 9 nitrogen and oxygen atoms in total. The van der Waals surface area contributed by atoms with E-state index in [1.54, 1.807) is 37.4 Å². The predicted molar refractivity (Wildman–Crippen MR) is 144 cm³/mol. The summed E-state index contributed by atoms with van der Waals surface area (Å²) in [5, 5.41) is 14.1. The van der Waals surface area contributed by atoms with Gasteiger partial charge in [-0.1, -0.05) is 18.2 Å². The number of urea groups is 1. The highest BCUT2D eigenvalue weighted by Crippen LogP contribution is 2.49. The summed E-state index contributed by atoms with van der Waals surface area (Å²) in [5.41, 5.74) is 2.00. The Labute approximate surface area is 224 Å². The lowest BCUT2D eigenvalue weighted by molar-refractivity contribution is 0.0550. The summed E-state index contributed by atoms with van der Waals surface area (Å²) in [5.74, 6) is 0.217. The molecule has 202 valence electrons. The van der Waals surface area contributed by atoms with E-state index in [1.165, 1.54) is 33.5 Å². The van der Waals surface area contributed by atoms with E-state index in [0.29, 0.717) is 17.1 Å². The second-order valence-corrected chi connectivity index (χ2v) is 11.9. The first kappa shape index (κ1) is 25.4. The van der Waals surface area contributed by atoms with Gasteiger partial charge in [0.25, 0.3) is 0 Å². The van der Waals surface area contributed by atoms with Crippen LogP contribution in [0.15, 0.2) is 77.7 Å². The predicted octanol–water partition coefficient (Wildman–Crippen LogP) is 3.84. The van der Waals surface area contributed by atoms with Crippen LogP contribution < -0.4 is 10.1 Å². The number of aliphatic hydroxyl groups excluding tert-OH is 1. The van der Waals surface area contributed by atoms with Gasteiger partial charge < -0.3 is 25.0 Å². The first-order valence-corrected chi connectivity index (χ1v) is 13.9. The zero-order valence-corrected chi connectivity index (χ0v) is 21.9. The Kier molecular flexibility index (Phi) is 6.09. The standard InChI is InChI=1S/C28H27FN4O5S/c1-38-20-11-12-22-23(13-20)31-26-24(14-34)33(27(35)30-19-9-7-18(29)8-10-19)17-28(25(22)26)15-32(16-28)39(36,37)21-5-3-2-4-6-21/h2-13,24,31,34H,14-17H2,1H3,(H,30,35)/t24-/m1/s1. The summed E-state index contributed by atoms with van der Waals surface area (Å²) < 4.78 is 47.0. The molecule has 2 aliphatic rings. The van der Waals surface area contributed by atoms with Gasteiger partial charge in [0.2, 0.25) is 10.0 Å². The summed E-state index contributed by atoms with van der Waals surface area (Å²) >= 11 is 0. The number of nitrogens with zero attached hydrogens (tertiary/aromatic N) is 2. The third kappa shape index (κ3) is 4.13. The van der Waals surface area contributed by atoms with Gasteiger partial charge in [0.1, 0.15) is 11.6 Å². The van der Waals surface area contributed by atoms with E-state index < -0.39 is 33.3 Å². The minimum atomic E-state index is -3.74. The fourth-order valence-electron chi connectivity index (χ4n) is 5.75. The zero-order valence-electron chi connectivity index (χ0n) is 21.1. The van der Waals surface area contributed by atoms with Gasteiger partial charge in [0.05, 0.1) is 24.7 Å². The minimum Gasteiger partial charge on any atom is -0.497 e. The van der Waals surface area contributed by atoms with Gasteiger partial charge in [-0.25, -0.2) is 17.6 Å². The number of aliphatic hydroxyl groups is 1. The molecule has 2 aliphatic heterocycles. The number of aromatic amines is 1. The third-order valence-corrected chi connectivity index (χ3v) is 9.42. The number of rotatable bonds is 5. The van der Waals surface area contributed by atoms with Gasteiger partial charge in [-0.2, -0.15) is 4.31 Å². The van der Waals surface area contributed by atoms with Crippen LogP contribution in [0.5, 0.6) is 5.75 Å². The molecule has 39 heavy (non-hydrogen) atoms. The molecule has 1 atom stereocenters. The molecule has 6 rings (SSSR count). The molecule has 3 aromatic carbocycles. The normalized spacial score (nSPS) is 18.5. The lowest BCUT2D eigenvalue weighted by atomic mass is 9.70. The van der Waals surface area contributed by atoms with Gasteiger partial charge in [0.15, 0.2) is 0 Å². The lowest BCUT2D eigenvalue weighted by Gasteiger charge is -2.55. The maximum atomic E-state index is 13.5. The molecular formula is C28H27FN4O5S. The average molecular weight is 551 g/mol. The lowest BCUT2D eigenvalue weighted by Crippen LogP contribution is -2.68. The second kappa shape index (κ2) is 9.37. The van der Waals surface area contributed by atoms with Crippen molar-refractivity contribution in [2.75, 3.05) is 38.7 Å². The topological polar surface area (TPSA) is 115 Å². The first-order chi connectivity index (χ1) is 18.8. The Morgan fingerprint density at radius 1 is 1.10 bits per heavy atom. The van der Waals surface area contributed by atoms with E-state index in [2.05, 4.69) is 10.3 Å². The number of amides is 2. The molecule has 0 unspecified atom stereocenters. The molecule has 1 saturated heterocycles. The number of benzene rings is 3. The van der Waals surface area contributed by atoms with Crippen molar-refractivity contribution in [3.8, 4) is 5.75 Å². The summed E-state index contributed by atoms with van der Waals surface area (Å²) in [4.78, 5) is 18.6. The maximum Gasteiger partial charge on any atom is 0.322 e. The fourth-order valence-corrected chi connectivity index (χ4v) is 7.38. The highest BCUT2D eigenvalue weighted by Gasteiger charge is 2.56. The van der Waals surface area contributed by atoms with Gasteiger partial charge in [0, 0.05) is 53.4 Å². The Morgan fingerprint density at radius 3 is 2.49 bits per heavy atom. The fraction of sp³-hybridized carbons (Fsp3) is 0.250. The van der Waals surface area contributed by atoms with Crippen molar-refractivity contribution in [1.29, 1.82) is 0 Å². The average Bonchev–Trinajstić information content (AvgIpc) is 3.31. The van der Waals surface area contributed by atoms with E-state index in [-0.39, 0.29) is 31.1 Å². The first-order valence-electron chi connectivity index (χ1n) is 12.4. The Bertz CT molecular complexity index is 1650. The number of methoxy groups -OCH3 is 1. The molecule has 0 aliphatic carbocycles. The number of anilines is 1. The van der Waals surface area contributed by atoms with Crippen LogP contribution in [0.4, 0.5) is 14.9 Å². The van der Waals surface area contributed by atoms with Crippen molar-refractivity contribution in [1.82, 2.24) is 14.2 Å². The number of carbonyl (C=O) groups is 1. The summed E-state index contributed by atoms with van der Waals surface area (Å²) in [6.07, 6.45) is 0. The van der Waals surface area contributed by atoms with Crippen LogP contribution in [0.25, 0.3) is 10.9 Å². The minimum absolute atomic E-state index is 0.161. The van der Waals surface area contributed by atoms with Crippen LogP contribution in [0.1, 0.15) is 17.3 Å². The molecule has 3 N–H and O–H groups in total. The second-order valence-electron chi connectivity index (χ2n) is 9.95. The SMILES string of the molecule is COc1ccc2c3c([nH]c2c1)[C@@H](CO)N(C(=O)Nc1ccc(F)cc1)CC31CN(S(=O)(=O)c2ccccc2)C1. The number of hydrogen-bond acceptors (Lipinski definition) is 5. The molecule has 1 aromatic heterocycles. The van der Waals surface area contributed by atoms with Crippen LogP contribution in [-0.2, 0) is 15.4 Å². The van der Waals surface area contributed by atoms with E-state index in [0.717, 1.165) is 16.5 Å². The number of fused-ring (bicyclic) bond motifs is 4.